The summed E-state index contributed by atoms with van der Waals surface area (Å²) in [6.45, 7) is 1.91. The summed E-state index contributed by atoms with van der Waals surface area (Å²) in [5.41, 5.74) is 8.76. The standard InChI is InChI=1S/C14H13BrN2O/c1-9-8-12(6-7-13(9)16)17-14(18)10-2-4-11(15)5-3-10/h2-8H,16H2,1H3,(H,17,18). The van der Waals surface area contributed by atoms with Crippen LogP contribution < -0.4 is 11.1 Å². The second-order valence-corrected chi connectivity index (χ2v) is 4.95. The molecule has 18 heavy (non-hydrogen) atoms. The molecule has 0 atom stereocenters. The van der Waals surface area contributed by atoms with Gasteiger partial charge in [-0.15, -0.1) is 0 Å². The molecule has 2 aromatic carbocycles. The Labute approximate surface area is 114 Å². The third-order valence-corrected chi connectivity index (χ3v) is 3.16. The topological polar surface area (TPSA) is 55.1 Å². The molecule has 2 aromatic rings. The van der Waals surface area contributed by atoms with E-state index >= 15 is 0 Å². The van der Waals surface area contributed by atoms with Crippen molar-refractivity contribution < 1.29 is 4.79 Å². The Morgan fingerprint density at radius 1 is 1.17 bits per heavy atom. The van der Waals surface area contributed by atoms with Gasteiger partial charge in [-0.25, -0.2) is 0 Å². The number of hydrogen-bond acceptors (Lipinski definition) is 2. The quantitative estimate of drug-likeness (QED) is 0.833. The van der Waals surface area contributed by atoms with Crippen LogP contribution in [0, 0.1) is 6.92 Å². The van der Waals surface area contributed by atoms with Gasteiger partial charge in [0.25, 0.3) is 5.91 Å². The van der Waals surface area contributed by atoms with Crippen LogP contribution in [0.25, 0.3) is 0 Å². The van der Waals surface area contributed by atoms with Gasteiger partial charge >= 0.3 is 0 Å². The molecular formula is C14H13BrN2O. The van der Waals surface area contributed by atoms with E-state index in [0.717, 1.165) is 21.4 Å². The number of rotatable bonds is 2. The smallest absolute Gasteiger partial charge is 0.255 e. The molecule has 0 aliphatic carbocycles. The molecule has 0 radical (unpaired) electrons. The Morgan fingerprint density at radius 2 is 1.83 bits per heavy atom. The maximum atomic E-state index is 12.0. The van der Waals surface area contributed by atoms with Crippen molar-refractivity contribution in [2.24, 2.45) is 0 Å². The van der Waals surface area contributed by atoms with Crippen molar-refractivity contribution in [3.8, 4) is 0 Å². The second kappa shape index (κ2) is 5.23. The summed E-state index contributed by atoms with van der Waals surface area (Å²) in [5.74, 6) is -0.133. The van der Waals surface area contributed by atoms with Gasteiger partial charge in [-0.1, -0.05) is 15.9 Å². The van der Waals surface area contributed by atoms with Crippen molar-refractivity contribution in [3.05, 3.63) is 58.1 Å². The zero-order chi connectivity index (χ0) is 13.1. The van der Waals surface area contributed by atoms with Crippen molar-refractivity contribution in [2.75, 3.05) is 11.1 Å². The predicted octanol–water partition coefficient (Wildman–Crippen LogP) is 3.59. The number of anilines is 2. The Balaban J connectivity index is 2.16. The molecule has 0 fully saturated rings. The van der Waals surface area contributed by atoms with E-state index < -0.39 is 0 Å². The fraction of sp³-hybridized carbons (Fsp3) is 0.0714. The van der Waals surface area contributed by atoms with E-state index in [9.17, 15) is 4.79 Å². The van der Waals surface area contributed by atoms with E-state index in [1.165, 1.54) is 0 Å². The average molecular weight is 305 g/mol. The second-order valence-electron chi connectivity index (χ2n) is 4.03. The first-order valence-electron chi connectivity index (χ1n) is 5.49. The minimum atomic E-state index is -0.133. The van der Waals surface area contributed by atoms with Crippen LogP contribution in [0.15, 0.2) is 46.9 Å². The zero-order valence-electron chi connectivity index (χ0n) is 9.91. The number of benzene rings is 2. The lowest BCUT2D eigenvalue weighted by Crippen LogP contribution is -2.11. The minimum absolute atomic E-state index is 0.133. The first-order valence-corrected chi connectivity index (χ1v) is 6.28. The minimum Gasteiger partial charge on any atom is -0.399 e. The van der Waals surface area contributed by atoms with Gasteiger partial charge in [0, 0.05) is 21.4 Å². The van der Waals surface area contributed by atoms with Crippen LogP contribution in [-0.2, 0) is 0 Å². The number of nitrogens with two attached hydrogens (primary N) is 1. The van der Waals surface area contributed by atoms with Crippen molar-refractivity contribution in [1.82, 2.24) is 0 Å². The number of amides is 1. The number of aryl methyl sites for hydroxylation is 1. The van der Waals surface area contributed by atoms with Crippen molar-refractivity contribution in [2.45, 2.75) is 6.92 Å². The number of nitrogens with one attached hydrogen (secondary N) is 1. The lowest BCUT2D eigenvalue weighted by Gasteiger charge is -2.07. The van der Waals surface area contributed by atoms with Crippen LogP contribution in [0.2, 0.25) is 0 Å². The molecule has 0 bridgehead atoms. The zero-order valence-corrected chi connectivity index (χ0v) is 11.5. The van der Waals surface area contributed by atoms with Crippen LogP contribution in [0.3, 0.4) is 0 Å². The molecule has 3 N–H and O–H groups in total. The Morgan fingerprint density at radius 3 is 2.44 bits per heavy atom. The van der Waals surface area contributed by atoms with E-state index in [0.29, 0.717) is 5.56 Å². The highest BCUT2D eigenvalue weighted by Gasteiger charge is 2.06. The number of carbonyl (C=O) groups excluding carboxylic acids is 1. The summed E-state index contributed by atoms with van der Waals surface area (Å²) in [4.78, 5) is 12.0. The monoisotopic (exact) mass is 304 g/mol. The molecule has 0 heterocycles. The molecular weight excluding hydrogens is 292 g/mol. The Hall–Kier alpha value is -1.81. The molecule has 0 saturated heterocycles. The number of nitrogen functional groups attached to an aromatic ring is 1. The first kappa shape index (κ1) is 12.6. The number of halogens is 1. The molecule has 92 valence electrons. The molecule has 3 nitrogen and oxygen atoms in total. The van der Waals surface area contributed by atoms with Gasteiger partial charge in [0.2, 0.25) is 0 Å². The number of carbonyl (C=O) groups is 1. The van der Waals surface area contributed by atoms with E-state index in [2.05, 4.69) is 21.2 Å². The summed E-state index contributed by atoms with van der Waals surface area (Å²) in [7, 11) is 0. The molecule has 0 aliphatic heterocycles. The summed E-state index contributed by atoms with van der Waals surface area (Å²) >= 11 is 3.33. The largest absolute Gasteiger partial charge is 0.399 e. The molecule has 1 amide bonds. The van der Waals surface area contributed by atoms with Crippen molar-refractivity contribution >= 4 is 33.2 Å². The lowest BCUT2D eigenvalue weighted by molar-refractivity contribution is 0.102. The average Bonchev–Trinajstić information content (AvgIpc) is 2.34. The van der Waals surface area contributed by atoms with E-state index in [4.69, 9.17) is 5.73 Å². The van der Waals surface area contributed by atoms with Gasteiger partial charge in [-0.3, -0.25) is 4.79 Å². The summed E-state index contributed by atoms with van der Waals surface area (Å²) < 4.78 is 0.947. The van der Waals surface area contributed by atoms with Crippen LogP contribution in [0.5, 0.6) is 0 Å². The molecule has 2 rings (SSSR count). The Bertz CT molecular complexity index is 579. The van der Waals surface area contributed by atoms with Crippen molar-refractivity contribution in [1.29, 1.82) is 0 Å². The molecule has 0 aliphatic rings. The third kappa shape index (κ3) is 2.90. The summed E-state index contributed by atoms with van der Waals surface area (Å²) in [6.07, 6.45) is 0. The maximum absolute atomic E-state index is 12.0. The van der Waals surface area contributed by atoms with Crippen LogP contribution in [0.1, 0.15) is 15.9 Å². The SMILES string of the molecule is Cc1cc(NC(=O)c2ccc(Br)cc2)ccc1N. The van der Waals surface area contributed by atoms with Gasteiger partial charge < -0.3 is 11.1 Å². The fourth-order valence-corrected chi connectivity index (χ4v) is 1.82. The predicted molar refractivity (Wildman–Crippen MR) is 77.7 cm³/mol. The van der Waals surface area contributed by atoms with Gasteiger partial charge in [-0.2, -0.15) is 0 Å². The van der Waals surface area contributed by atoms with Crippen molar-refractivity contribution in [3.63, 3.8) is 0 Å². The molecule has 0 aromatic heterocycles. The Kier molecular flexibility index (Phi) is 3.67. The van der Waals surface area contributed by atoms with Crippen LogP contribution >= 0.6 is 15.9 Å². The van der Waals surface area contributed by atoms with Crippen LogP contribution in [-0.4, -0.2) is 5.91 Å². The van der Waals surface area contributed by atoms with Gasteiger partial charge in [0.15, 0.2) is 0 Å². The highest BCUT2D eigenvalue weighted by Crippen LogP contribution is 2.18. The van der Waals surface area contributed by atoms with Gasteiger partial charge in [0.1, 0.15) is 0 Å². The highest BCUT2D eigenvalue weighted by atomic mass is 79.9. The van der Waals surface area contributed by atoms with E-state index in [-0.39, 0.29) is 5.91 Å². The molecule has 0 saturated carbocycles. The molecule has 4 heteroatoms. The van der Waals surface area contributed by atoms with Gasteiger partial charge in [-0.05, 0) is 55.0 Å². The van der Waals surface area contributed by atoms with E-state index in [1.807, 2.05) is 25.1 Å². The summed E-state index contributed by atoms with van der Waals surface area (Å²) in [6, 6.07) is 12.6. The third-order valence-electron chi connectivity index (χ3n) is 2.63. The van der Waals surface area contributed by atoms with Gasteiger partial charge in [0.05, 0.1) is 0 Å². The molecule has 0 spiro atoms. The highest BCUT2D eigenvalue weighted by molar-refractivity contribution is 9.10. The first-order chi connectivity index (χ1) is 8.56. The fourth-order valence-electron chi connectivity index (χ4n) is 1.56. The maximum Gasteiger partial charge on any atom is 0.255 e. The number of hydrogen-bond donors (Lipinski definition) is 2. The normalized spacial score (nSPS) is 10.1. The molecule has 0 unspecified atom stereocenters. The van der Waals surface area contributed by atoms with E-state index in [1.54, 1.807) is 24.3 Å². The lowest BCUT2D eigenvalue weighted by atomic mass is 10.1. The van der Waals surface area contributed by atoms with Crippen LogP contribution in [0.4, 0.5) is 11.4 Å². The summed E-state index contributed by atoms with van der Waals surface area (Å²) in [5, 5.41) is 2.84.